The maximum atomic E-state index is 12.2. The predicted molar refractivity (Wildman–Crippen MR) is 81.9 cm³/mol. The Hall–Kier alpha value is -1.78. The lowest BCUT2D eigenvalue weighted by Gasteiger charge is -2.18. The van der Waals surface area contributed by atoms with Gasteiger partial charge in [-0.15, -0.1) is 0 Å². The SMILES string of the molecule is CCC(=O)N1C[C@@H](C)[C@H](NC(=O)Cn2c(C)ccc2C)C1. The third kappa shape index (κ3) is 3.46. The smallest absolute Gasteiger partial charge is 0.240 e. The molecule has 0 radical (unpaired) electrons. The zero-order valence-corrected chi connectivity index (χ0v) is 13.3. The van der Waals surface area contributed by atoms with E-state index in [2.05, 4.69) is 12.2 Å². The summed E-state index contributed by atoms with van der Waals surface area (Å²) in [7, 11) is 0. The van der Waals surface area contributed by atoms with Crippen molar-refractivity contribution >= 4 is 11.8 Å². The lowest BCUT2D eigenvalue weighted by molar-refractivity contribution is -0.130. The fourth-order valence-corrected chi connectivity index (χ4v) is 2.93. The summed E-state index contributed by atoms with van der Waals surface area (Å²) in [5.74, 6) is 0.479. The minimum Gasteiger partial charge on any atom is -0.350 e. The second kappa shape index (κ2) is 6.33. The number of aromatic nitrogens is 1. The van der Waals surface area contributed by atoms with Crippen LogP contribution in [0.5, 0.6) is 0 Å². The van der Waals surface area contributed by atoms with E-state index in [0.29, 0.717) is 25.4 Å². The van der Waals surface area contributed by atoms with Crippen molar-refractivity contribution in [1.29, 1.82) is 0 Å². The Labute approximate surface area is 126 Å². The van der Waals surface area contributed by atoms with Crippen molar-refractivity contribution in [2.24, 2.45) is 5.92 Å². The standard InChI is InChI=1S/C16H25N3O2/c1-5-16(21)18-8-11(2)14(9-18)17-15(20)10-19-12(3)6-7-13(19)4/h6-7,11,14H,5,8-10H2,1-4H3,(H,17,20)/t11-,14-/m1/s1. The summed E-state index contributed by atoms with van der Waals surface area (Å²) in [6.07, 6.45) is 0.523. The van der Waals surface area contributed by atoms with Gasteiger partial charge in [0.1, 0.15) is 6.54 Å². The molecule has 1 saturated heterocycles. The Balaban J connectivity index is 1.93. The summed E-state index contributed by atoms with van der Waals surface area (Å²) in [5, 5.41) is 3.08. The van der Waals surface area contributed by atoms with Crippen molar-refractivity contribution in [1.82, 2.24) is 14.8 Å². The van der Waals surface area contributed by atoms with Crippen LogP contribution < -0.4 is 5.32 Å². The minimum atomic E-state index is 0.0139. The van der Waals surface area contributed by atoms with E-state index in [9.17, 15) is 9.59 Å². The third-order valence-corrected chi connectivity index (χ3v) is 4.33. The average Bonchev–Trinajstić information content (AvgIpc) is 2.95. The van der Waals surface area contributed by atoms with Gasteiger partial charge in [0.25, 0.3) is 0 Å². The maximum absolute atomic E-state index is 12.2. The molecule has 0 spiro atoms. The van der Waals surface area contributed by atoms with Gasteiger partial charge in [0.2, 0.25) is 11.8 Å². The molecule has 116 valence electrons. The summed E-state index contributed by atoms with van der Waals surface area (Å²) < 4.78 is 2.00. The second-order valence-electron chi connectivity index (χ2n) is 6.01. The van der Waals surface area contributed by atoms with Crippen LogP contribution >= 0.6 is 0 Å². The molecule has 2 rings (SSSR count). The van der Waals surface area contributed by atoms with Gasteiger partial charge in [-0.1, -0.05) is 13.8 Å². The first-order valence-corrected chi connectivity index (χ1v) is 7.62. The highest BCUT2D eigenvalue weighted by Gasteiger charge is 2.32. The molecule has 1 fully saturated rings. The van der Waals surface area contributed by atoms with Gasteiger partial charge in [0.15, 0.2) is 0 Å². The molecule has 1 aromatic heterocycles. The van der Waals surface area contributed by atoms with Crippen molar-refractivity contribution < 1.29 is 9.59 Å². The van der Waals surface area contributed by atoms with Gasteiger partial charge < -0.3 is 14.8 Å². The molecule has 1 aromatic rings. The molecule has 2 amide bonds. The van der Waals surface area contributed by atoms with Crippen LogP contribution in [0.3, 0.4) is 0 Å². The molecule has 0 bridgehead atoms. The van der Waals surface area contributed by atoms with Crippen LogP contribution in [0.1, 0.15) is 31.7 Å². The number of carbonyl (C=O) groups excluding carboxylic acids is 2. The van der Waals surface area contributed by atoms with Crippen LogP contribution in [0.25, 0.3) is 0 Å². The molecular formula is C16H25N3O2. The number of nitrogens with one attached hydrogen (secondary N) is 1. The van der Waals surface area contributed by atoms with Gasteiger partial charge in [0, 0.05) is 30.9 Å². The fraction of sp³-hybridized carbons (Fsp3) is 0.625. The van der Waals surface area contributed by atoms with Gasteiger partial charge in [-0.3, -0.25) is 9.59 Å². The Morgan fingerprint density at radius 3 is 2.43 bits per heavy atom. The normalized spacial score (nSPS) is 21.6. The first-order chi connectivity index (χ1) is 9.92. The van der Waals surface area contributed by atoms with Gasteiger partial charge in [-0.25, -0.2) is 0 Å². The van der Waals surface area contributed by atoms with E-state index in [1.165, 1.54) is 0 Å². The van der Waals surface area contributed by atoms with Crippen molar-refractivity contribution in [3.63, 3.8) is 0 Å². The van der Waals surface area contributed by atoms with E-state index in [1.807, 2.05) is 42.4 Å². The monoisotopic (exact) mass is 291 g/mol. The van der Waals surface area contributed by atoms with E-state index < -0.39 is 0 Å². The summed E-state index contributed by atoms with van der Waals surface area (Å²) in [5.41, 5.74) is 2.18. The molecule has 21 heavy (non-hydrogen) atoms. The highest BCUT2D eigenvalue weighted by Crippen LogP contribution is 2.17. The average molecular weight is 291 g/mol. The number of likely N-dealkylation sites (tertiary alicyclic amines) is 1. The molecule has 0 aliphatic carbocycles. The van der Waals surface area contributed by atoms with Crippen LogP contribution in [-0.2, 0) is 16.1 Å². The lowest BCUT2D eigenvalue weighted by atomic mass is 10.1. The zero-order valence-electron chi connectivity index (χ0n) is 13.3. The predicted octanol–water partition coefficient (Wildman–Crippen LogP) is 1.48. The Bertz CT molecular complexity index is 516. The molecule has 1 aliphatic rings. The molecule has 5 heteroatoms. The van der Waals surface area contributed by atoms with Gasteiger partial charge in [-0.05, 0) is 31.9 Å². The molecule has 0 unspecified atom stereocenters. The van der Waals surface area contributed by atoms with Gasteiger partial charge >= 0.3 is 0 Å². The second-order valence-corrected chi connectivity index (χ2v) is 6.01. The minimum absolute atomic E-state index is 0.0139. The fourth-order valence-electron chi connectivity index (χ4n) is 2.93. The Morgan fingerprint density at radius 2 is 1.86 bits per heavy atom. The first kappa shape index (κ1) is 15.6. The lowest BCUT2D eigenvalue weighted by Crippen LogP contribution is -2.42. The van der Waals surface area contributed by atoms with Crippen molar-refractivity contribution in [3.8, 4) is 0 Å². The topological polar surface area (TPSA) is 54.3 Å². The third-order valence-electron chi connectivity index (χ3n) is 4.33. The van der Waals surface area contributed by atoms with Crippen molar-refractivity contribution in [2.75, 3.05) is 13.1 Å². The Morgan fingerprint density at radius 1 is 1.24 bits per heavy atom. The molecule has 1 aliphatic heterocycles. The van der Waals surface area contributed by atoms with Crippen LogP contribution in [0.4, 0.5) is 0 Å². The van der Waals surface area contributed by atoms with Crippen LogP contribution in [-0.4, -0.2) is 40.4 Å². The number of nitrogens with zero attached hydrogens (tertiary/aromatic N) is 2. The van der Waals surface area contributed by atoms with Gasteiger partial charge in [-0.2, -0.15) is 0 Å². The summed E-state index contributed by atoms with van der Waals surface area (Å²) in [6.45, 7) is 9.66. The van der Waals surface area contributed by atoms with Crippen LogP contribution in [0.15, 0.2) is 12.1 Å². The number of carbonyl (C=O) groups is 2. The summed E-state index contributed by atoms with van der Waals surface area (Å²) in [4.78, 5) is 25.8. The number of amides is 2. The maximum Gasteiger partial charge on any atom is 0.240 e. The van der Waals surface area contributed by atoms with Crippen LogP contribution in [0.2, 0.25) is 0 Å². The first-order valence-electron chi connectivity index (χ1n) is 7.62. The van der Waals surface area contributed by atoms with Crippen molar-refractivity contribution in [3.05, 3.63) is 23.5 Å². The zero-order chi connectivity index (χ0) is 15.6. The molecule has 1 N–H and O–H groups in total. The van der Waals surface area contributed by atoms with Crippen molar-refractivity contribution in [2.45, 2.75) is 46.7 Å². The molecule has 2 heterocycles. The van der Waals surface area contributed by atoms with E-state index in [-0.39, 0.29) is 17.9 Å². The number of hydrogen-bond acceptors (Lipinski definition) is 2. The summed E-state index contributed by atoms with van der Waals surface area (Å²) >= 11 is 0. The number of aryl methyl sites for hydroxylation is 2. The van der Waals surface area contributed by atoms with E-state index in [1.54, 1.807) is 0 Å². The quantitative estimate of drug-likeness (QED) is 0.913. The number of rotatable bonds is 4. The van der Waals surface area contributed by atoms with Gasteiger partial charge in [0.05, 0.1) is 6.04 Å². The summed E-state index contributed by atoms with van der Waals surface area (Å²) in [6, 6.07) is 4.09. The molecular weight excluding hydrogens is 266 g/mol. The Kier molecular flexibility index (Phi) is 4.70. The van der Waals surface area contributed by atoms with E-state index in [0.717, 1.165) is 17.9 Å². The largest absolute Gasteiger partial charge is 0.350 e. The highest BCUT2D eigenvalue weighted by molar-refractivity contribution is 5.78. The van der Waals surface area contributed by atoms with E-state index in [4.69, 9.17) is 0 Å². The molecule has 2 atom stereocenters. The molecule has 5 nitrogen and oxygen atoms in total. The molecule has 0 aromatic carbocycles. The number of hydrogen-bond donors (Lipinski definition) is 1. The van der Waals surface area contributed by atoms with E-state index >= 15 is 0 Å². The molecule has 0 saturated carbocycles. The van der Waals surface area contributed by atoms with Crippen LogP contribution in [0, 0.1) is 19.8 Å². The highest BCUT2D eigenvalue weighted by atomic mass is 16.2.